The number of aromatic nitrogens is 1. The van der Waals surface area contributed by atoms with Crippen molar-refractivity contribution in [1.29, 1.82) is 5.41 Å². The maximum atomic E-state index is 12.4. The van der Waals surface area contributed by atoms with Crippen molar-refractivity contribution in [2.24, 2.45) is 5.73 Å². The first kappa shape index (κ1) is 19.9. The Morgan fingerprint density at radius 1 is 1.44 bits per heavy atom. The third kappa shape index (κ3) is 5.05. The summed E-state index contributed by atoms with van der Waals surface area (Å²) >= 11 is 0. The van der Waals surface area contributed by atoms with Crippen molar-refractivity contribution in [3.63, 3.8) is 0 Å². The van der Waals surface area contributed by atoms with Crippen LogP contribution in [0.25, 0.3) is 0 Å². The molecule has 1 atom stereocenters. The Balaban J connectivity index is 2.21. The minimum atomic E-state index is -1.23. The number of carbonyl (C=O) groups excluding carboxylic acids is 2. The molecule has 10 nitrogen and oxygen atoms in total. The van der Waals surface area contributed by atoms with E-state index in [4.69, 9.17) is 25.4 Å². The summed E-state index contributed by atoms with van der Waals surface area (Å²) in [5.41, 5.74) is 5.46. The van der Waals surface area contributed by atoms with Crippen molar-refractivity contribution >= 4 is 17.5 Å². The summed E-state index contributed by atoms with van der Waals surface area (Å²) in [6.45, 7) is 1.22. The summed E-state index contributed by atoms with van der Waals surface area (Å²) in [4.78, 5) is 27.6. The maximum Gasteiger partial charge on any atom is 0.268 e. The van der Waals surface area contributed by atoms with Crippen LogP contribution in [0.5, 0.6) is 0 Å². The van der Waals surface area contributed by atoms with Crippen molar-refractivity contribution in [2.75, 3.05) is 13.7 Å². The van der Waals surface area contributed by atoms with E-state index in [1.807, 2.05) is 0 Å². The second-order valence-corrected chi connectivity index (χ2v) is 5.58. The minimum Gasteiger partial charge on any atom is -0.486 e. The average Bonchev–Trinajstić information content (AvgIpc) is 3.05. The van der Waals surface area contributed by atoms with E-state index < -0.39 is 24.5 Å². The molecule has 1 aromatic rings. The molecule has 0 radical (unpaired) electrons. The summed E-state index contributed by atoms with van der Waals surface area (Å²) in [5.74, 6) is -0.0964. The van der Waals surface area contributed by atoms with Gasteiger partial charge in [-0.05, 0) is 18.2 Å². The van der Waals surface area contributed by atoms with E-state index in [1.165, 1.54) is 19.2 Å². The molecule has 0 bridgehead atoms. The number of rotatable bonds is 8. The molecule has 0 fully saturated rings. The van der Waals surface area contributed by atoms with Gasteiger partial charge in [0.05, 0.1) is 18.5 Å². The van der Waals surface area contributed by atoms with E-state index in [0.717, 1.165) is 0 Å². The number of likely N-dealkylation sites (N-methyl/N-ethyl adjacent to an activating group) is 1. The van der Waals surface area contributed by atoms with E-state index >= 15 is 0 Å². The number of nitrogens with zero attached hydrogens (tertiary/aromatic N) is 1. The molecule has 1 aliphatic carbocycles. The average molecular weight is 375 g/mol. The second-order valence-electron chi connectivity index (χ2n) is 5.58. The molecule has 10 heteroatoms. The number of hydrogen-bond acceptors (Lipinski definition) is 8. The minimum absolute atomic E-state index is 0.0284. The summed E-state index contributed by atoms with van der Waals surface area (Å²) < 4.78 is 10.9. The van der Waals surface area contributed by atoms with Crippen LogP contribution >= 0.6 is 0 Å². The smallest absolute Gasteiger partial charge is 0.268 e. The van der Waals surface area contributed by atoms with Gasteiger partial charge < -0.3 is 36.0 Å². The van der Waals surface area contributed by atoms with Gasteiger partial charge in [0, 0.05) is 19.5 Å². The highest BCUT2D eigenvalue weighted by atomic mass is 16.5. The molecule has 27 heavy (non-hydrogen) atoms. The molecular formula is C17H21N5O5. The van der Waals surface area contributed by atoms with Gasteiger partial charge in [-0.3, -0.25) is 9.59 Å². The molecule has 1 aliphatic rings. The van der Waals surface area contributed by atoms with Gasteiger partial charge in [-0.15, -0.1) is 0 Å². The molecule has 2 amide bonds. The van der Waals surface area contributed by atoms with Crippen LogP contribution in [0.3, 0.4) is 0 Å². The number of hydrogen-bond donors (Lipinski definition) is 5. The normalized spacial score (nSPS) is 16.4. The monoisotopic (exact) mass is 375 g/mol. The SMILES string of the molecule is CN/C(C(=O)N[C@@H](CO)C(N)=O)=C1/C=C(OCc2cnc(C)o2)C=CC1=N. The number of aliphatic hydroxyl groups excluding tert-OH is 1. The molecule has 0 spiro atoms. The van der Waals surface area contributed by atoms with Gasteiger partial charge in [-0.2, -0.15) is 0 Å². The Morgan fingerprint density at radius 3 is 2.74 bits per heavy atom. The fraction of sp³-hybridized carbons (Fsp3) is 0.294. The number of nitrogens with one attached hydrogen (secondary N) is 3. The topological polar surface area (TPSA) is 164 Å². The predicted molar refractivity (Wildman–Crippen MR) is 95.3 cm³/mol. The molecule has 0 aliphatic heterocycles. The number of allylic oxidation sites excluding steroid dienone is 4. The fourth-order valence-corrected chi connectivity index (χ4v) is 2.25. The van der Waals surface area contributed by atoms with E-state index in [2.05, 4.69) is 15.6 Å². The third-order valence-electron chi connectivity index (χ3n) is 3.62. The van der Waals surface area contributed by atoms with Gasteiger partial charge in [0.1, 0.15) is 24.1 Å². The van der Waals surface area contributed by atoms with E-state index in [9.17, 15) is 9.59 Å². The highest BCUT2D eigenvalue weighted by molar-refractivity contribution is 6.14. The van der Waals surface area contributed by atoms with Crippen molar-refractivity contribution in [3.8, 4) is 0 Å². The van der Waals surface area contributed by atoms with Gasteiger partial charge in [0.2, 0.25) is 5.91 Å². The number of oxazole rings is 1. The predicted octanol–water partition coefficient (Wildman–Crippen LogP) is -0.591. The van der Waals surface area contributed by atoms with Crippen LogP contribution < -0.4 is 16.4 Å². The number of amides is 2. The zero-order valence-corrected chi connectivity index (χ0v) is 14.9. The van der Waals surface area contributed by atoms with Crippen molar-refractivity contribution in [3.05, 3.63) is 53.1 Å². The first-order chi connectivity index (χ1) is 12.8. The zero-order valence-electron chi connectivity index (χ0n) is 14.9. The number of primary amides is 1. The summed E-state index contributed by atoms with van der Waals surface area (Å²) in [5, 5.41) is 22.2. The molecule has 6 N–H and O–H groups in total. The largest absolute Gasteiger partial charge is 0.486 e. The highest BCUT2D eigenvalue weighted by Crippen LogP contribution is 2.19. The molecular weight excluding hydrogens is 354 g/mol. The third-order valence-corrected chi connectivity index (χ3v) is 3.62. The van der Waals surface area contributed by atoms with Crippen LogP contribution in [0.2, 0.25) is 0 Å². The number of ether oxygens (including phenoxy) is 1. The molecule has 144 valence electrons. The van der Waals surface area contributed by atoms with Crippen molar-refractivity contribution < 1.29 is 23.8 Å². The maximum absolute atomic E-state index is 12.4. The molecule has 0 unspecified atom stereocenters. The first-order valence-electron chi connectivity index (χ1n) is 8.01. The lowest BCUT2D eigenvalue weighted by molar-refractivity contribution is -0.126. The molecule has 1 aromatic heterocycles. The molecule has 0 saturated carbocycles. The zero-order chi connectivity index (χ0) is 20.0. The van der Waals surface area contributed by atoms with Gasteiger partial charge >= 0.3 is 0 Å². The number of carbonyl (C=O) groups is 2. The number of nitrogens with two attached hydrogens (primary N) is 1. The lowest BCUT2D eigenvalue weighted by Gasteiger charge is -2.18. The number of aliphatic hydroxyl groups is 1. The number of aryl methyl sites for hydroxylation is 1. The Bertz CT molecular complexity index is 837. The van der Waals surface area contributed by atoms with Gasteiger partial charge in [0.25, 0.3) is 5.91 Å². The molecule has 0 saturated heterocycles. The van der Waals surface area contributed by atoms with Crippen LogP contribution in [-0.2, 0) is 20.9 Å². The van der Waals surface area contributed by atoms with Gasteiger partial charge in [-0.25, -0.2) is 4.98 Å². The van der Waals surface area contributed by atoms with Gasteiger partial charge in [0.15, 0.2) is 11.7 Å². The Morgan fingerprint density at radius 2 is 2.19 bits per heavy atom. The Kier molecular flexibility index (Phi) is 6.50. The quantitative estimate of drug-likeness (QED) is 0.379. The van der Waals surface area contributed by atoms with Crippen LogP contribution in [0.1, 0.15) is 11.7 Å². The molecule has 0 aromatic carbocycles. The fourth-order valence-electron chi connectivity index (χ4n) is 2.25. The highest BCUT2D eigenvalue weighted by Gasteiger charge is 2.23. The standard InChI is InChI=1S/C17H21N5O5/c1-9-21-6-11(27-9)8-26-10-3-4-13(18)12(5-10)15(20-2)17(25)22-14(7-23)16(19)24/h3-6,14,18,20,23H,7-8H2,1-2H3,(H2,19,24)(H,22,25)/b15-12-,18-13?/t14-/m0/s1. The van der Waals surface area contributed by atoms with Crippen LogP contribution in [-0.4, -0.2) is 47.3 Å². The van der Waals surface area contributed by atoms with E-state index in [-0.39, 0.29) is 23.6 Å². The van der Waals surface area contributed by atoms with Crippen LogP contribution in [0.15, 0.2) is 45.9 Å². The lowest BCUT2D eigenvalue weighted by atomic mass is 10.0. The Hall–Kier alpha value is -3.40. The summed E-state index contributed by atoms with van der Waals surface area (Å²) in [7, 11) is 1.50. The second kappa shape index (κ2) is 8.81. The van der Waals surface area contributed by atoms with E-state index in [1.54, 1.807) is 19.2 Å². The Labute approximate surface area is 155 Å². The van der Waals surface area contributed by atoms with Crippen LogP contribution in [0, 0.1) is 12.3 Å². The first-order valence-corrected chi connectivity index (χ1v) is 8.01. The van der Waals surface area contributed by atoms with Gasteiger partial charge in [-0.1, -0.05) is 0 Å². The van der Waals surface area contributed by atoms with Crippen molar-refractivity contribution in [1.82, 2.24) is 15.6 Å². The van der Waals surface area contributed by atoms with E-state index in [0.29, 0.717) is 17.4 Å². The molecule has 2 rings (SSSR count). The summed E-state index contributed by atoms with van der Waals surface area (Å²) in [6, 6.07) is -1.23. The lowest BCUT2D eigenvalue weighted by Crippen LogP contribution is -2.48. The molecule has 1 heterocycles. The van der Waals surface area contributed by atoms with Crippen LogP contribution in [0.4, 0.5) is 0 Å². The summed E-state index contributed by atoms with van der Waals surface area (Å²) in [6.07, 6.45) is 6.11. The van der Waals surface area contributed by atoms with Crippen molar-refractivity contribution in [2.45, 2.75) is 19.6 Å².